The summed E-state index contributed by atoms with van der Waals surface area (Å²) in [5.41, 5.74) is 4.50. The van der Waals surface area contributed by atoms with Crippen molar-refractivity contribution in [2.45, 2.75) is 0 Å². The van der Waals surface area contributed by atoms with E-state index >= 15 is 0 Å². The van der Waals surface area contributed by atoms with Gasteiger partial charge in [0.05, 0.1) is 11.3 Å². The number of hydrogen-bond donors (Lipinski definition) is 1. The Balaban J connectivity index is 2.33. The zero-order valence-electron chi connectivity index (χ0n) is 7.81. The molecule has 4 heteroatoms. The summed E-state index contributed by atoms with van der Waals surface area (Å²) in [6.45, 7) is 0. The van der Waals surface area contributed by atoms with Crippen molar-refractivity contribution in [1.82, 2.24) is 4.68 Å². The van der Waals surface area contributed by atoms with Crippen LogP contribution in [0.4, 0.5) is 5.69 Å². The minimum Gasteiger partial charge on any atom is -0.294 e. The zero-order valence-corrected chi connectivity index (χ0v) is 9.40. The highest BCUT2D eigenvalue weighted by Gasteiger charge is 2.01. The van der Waals surface area contributed by atoms with Gasteiger partial charge in [-0.2, -0.15) is 5.26 Å². The van der Waals surface area contributed by atoms with Crippen LogP contribution in [0.1, 0.15) is 5.56 Å². The molecular weight excluding hydrogens is 254 g/mol. The minimum atomic E-state index is 0.609. The van der Waals surface area contributed by atoms with Crippen molar-refractivity contribution >= 4 is 21.6 Å². The van der Waals surface area contributed by atoms with E-state index in [1.807, 2.05) is 36.7 Å². The van der Waals surface area contributed by atoms with Gasteiger partial charge < -0.3 is 0 Å². The van der Waals surface area contributed by atoms with Crippen LogP contribution < -0.4 is 5.43 Å². The molecule has 0 radical (unpaired) electrons. The zero-order chi connectivity index (χ0) is 10.7. The SMILES string of the molecule is N#Cc1cc(Br)ccc1Nn1cccc1. The van der Waals surface area contributed by atoms with Crippen LogP contribution in [0.15, 0.2) is 47.2 Å². The number of hydrogen-bond acceptors (Lipinski definition) is 2. The highest BCUT2D eigenvalue weighted by molar-refractivity contribution is 9.10. The number of aromatic nitrogens is 1. The summed E-state index contributed by atoms with van der Waals surface area (Å²) in [7, 11) is 0. The first-order valence-electron chi connectivity index (χ1n) is 4.39. The molecule has 0 fully saturated rings. The number of benzene rings is 1. The maximum absolute atomic E-state index is 8.95. The largest absolute Gasteiger partial charge is 0.294 e. The number of anilines is 1. The average Bonchev–Trinajstić information content (AvgIpc) is 2.73. The molecule has 0 saturated heterocycles. The summed E-state index contributed by atoms with van der Waals surface area (Å²) in [6.07, 6.45) is 3.76. The van der Waals surface area contributed by atoms with E-state index in [1.54, 1.807) is 10.7 Å². The molecule has 2 aromatic rings. The van der Waals surface area contributed by atoms with Crippen molar-refractivity contribution in [2.75, 3.05) is 5.43 Å². The second kappa shape index (κ2) is 4.20. The minimum absolute atomic E-state index is 0.609. The second-order valence-corrected chi connectivity index (χ2v) is 3.92. The monoisotopic (exact) mass is 261 g/mol. The highest BCUT2D eigenvalue weighted by atomic mass is 79.9. The number of nitrogens with one attached hydrogen (secondary N) is 1. The van der Waals surface area contributed by atoms with Gasteiger partial charge in [0.2, 0.25) is 0 Å². The van der Waals surface area contributed by atoms with E-state index in [-0.39, 0.29) is 0 Å². The Morgan fingerprint density at radius 1 is 1.27 bits per heavy atom. The van der Waals surface area contributed by atoms with E-state index < -0.39 is 0 Å². The highest BCUT2D eigenvalue weighted by Crippen LogP contribution is 2.20. The molecule has 1 N–H and O–H groups in total. The third kappa shape index (κ3) is 2.20. The Bertz CT molecular complexity index is 497. The molecule has 0 amide bonds. The van der Waals surface area contributed by atoms with Crippen molar-refractivity contribution in [3.63, 3.8) is 0 Å². The van der Waals surface area contributed by atoms with Gasteiger partial charge in [0.15, 0.2) is 0 Å². The van der Waals surface area contributed by atoms with Gasteiger partial charge >= 0.3 is 0 Å². The predicted molar refractivity (Wildman–Crippen MR) is 62.3 cm³/mol. The molecule has 0 saturated carbocycles. The second-order valence-electron chi connectivity index (χ2n) is 3.00. The molecule has 1 aromatic heterocycles. The number of rotatable bonds is 2. The van der Waals surface area contributed by atoms with Gasteiger partial charge in [0.1, 0.15) is 6.07 Å². The lowest BCUT2D eigenvalue weighted by molar-refractivity contribution is 0.969. The lowest BCUT2D eigenvalue weighted by atomic mass is 10.2. The first-order valence-corrected chi connectivity index (χ1v) is 5.18. The Morgan fingerprint density at radius 3 is 2.67 bits per heavy atom. The van der Waals surface area contributed by atoms with Crippen LogP contribution in [0, 0.1) is 11.3 Å². The Hall–Kier alpha value is -1.73. The number of nitriles is 1. The standard InChI is InChI=1S/C11H8BrN3/c12-10-3-4-11(9(7-10)8-13)14-15-5-1-2-6-15/h1-7,14H. The molecule has 0 atom stereocenters. The van der Waals surface area contributed by atoms with E-state index in [9.17, 15) is 0 Å². The molecule has 2 rings (SSSR count). The Labute approximate surface area is 96.1 Å². The van der Waals surface area contributed by atoms with E-state index in [0.29, 0.717) is 5.56 Å². The Morgan fingerprint density at radius 2 is 2.00 bits per heavy atom. The third-order valence-electron chi connectivity index (χ3n) is 1.96. The van der Waals surface area contributed by atoms with Gasteiger partial charge in [-0.25, -0.2) is 0 Å². The lowest BCUT2D eigenvalue weighted by Crippen LogP contribution is -2.06. The van der Waals surface area contributed by atoms with Gasteiger partial charge in [-0.3, -0.25) is 10.1 Å². The molecule has 0 spiro atoms. The molecule has 0 aliphatic rings. The number of nitrogens with zero attached hydrogens (tertiary/aromatic N) is 2. The third-order valence-corrected chi connectivity index (χ3v) is 2.45. The molecular formula is C11H8BrN3. The van der Waals surface area contributed by atoms with Crippen LogP contribution in [0.25, 0.3) is 0 Å². The summed E-state index contributed by atoms with van der Waals surface area (Å²) < 4.78 is 2.70. The smallest absolute Gasteiger partial charge is 0.101 e. The van der Waals surface area contributed by atoms with Gasteiger partial charge in [-0.15, -0.1) is 0 Å². The van der Waals surface area contributed by atoms with E-state index in [4.69, 9.17) is 5.26 Å². The summed E-state index contributed by atoms with van der Waals surface area (Å²) >= 11 is 3.33. The molecule has 1 aromatic carbocycles. The van der Waals surface area contributed by atoms with Gasteiger partial charge in [0, 0.05) is 16.9 Å². The van der Waals surface area contributed by atoms with Crippen LogP contribution in [0.2, 0.25) is 0 Å². The van der Waals surface area contributed by atoms with Crippen LogP contribution in [-0.4, -0.2) is 4.68 Å². The summed E-state index contributed by atoms with van der Waals surface area (Å²) in [4.78, 5) is 0. The van der Waals surface area contributed by atoms with Crippen molar-refractivity contribution in [3.8, 4) is 6.07 Å². The van der Waals surface area contributed by atoms with E-state index in [2.05, 4.69) is 27.4 Å². The quantitative estimate of drug-likeness (QED) is 0.903. The molecule has 0 unspecified atom stereocenters. The van der Waals surface area contributed by atoms with Gasteiger partial charge in [-0.05, 0) is 30.3 Å². The molecule has 0 aliphatic heterocycles. The van der Waals surface area contributed by atoms with Gasteiger partial charge in [-0.1, -0.05) is 15.9 Å². The van der Waals surface area contributed by atoms with E-state index in [1.165, 1.54) is 0 Å². The van der Waals surface area contributed by atoms with E-state index in [0.717, 1.165) is 10.2 Å². The molecule has 1 heterocycles. The molecule has 0 bridgehead atoms. The first kappa shape index (κ1) is 9.81. The summed E-state index contributed by atoms with van der Waals surface area (Å²) in [6, 6.07) is 11.5. The van der Waals surface area contributed by atoms with Crippen LogP contribution in [0.3, 0.4) is 0 Å². The summed E-state index contributed by atoms with van der Waals surface area (Å²) in [5.74, 6) is 0. The lowest BCUT2D eigenvalue weighted by Gasteiger charge is -2.08. The first-order chi connectivity index (χ1) is 7.29. The van der Waals surface area contributed by atoms with Crippen molar-refractivity contribution < 1.29 is 0 Å². The molecule has 74 valence electrons. The topological polar surface area (TPSA) is 40.8 Å². The molecule has 0 aliphatic carbocycles. The van der Waals surface area contributed by atoms with Crippen molar-refractivity contribution in [1.29, 1.82) is 5.26 Å². The van der Waals surface area contributed by atoms with Crippen molar-refractivity contribution in [3.05, 3.63) is 52.8 Å². The maximum Gasteiger partial charge on any atom is 0.101 e. The predicted octanol–water partition coefficient (Wildman–Crippen LogP) is 3.00. The fraction of sp³-hybridized carbons (Fsp3) is 0. The normalized spacial score (nSPS) is 9.60. The van der Waals surface area contributed by atoms with Crippen LogP contribution in [0.5, 0.6) is 0 Å². The Kier molecular flexibility index (Phi) is 2.75. The molecule has 3 nitrogen and oxygen atoms in total. The summed E-state index contributed by atoms with van der Waals surface area (Å²) in [5, 5.41) is 8.95. The van der Waals surface area contributed by atoms with Crippen LogP contribution >= 0.6 is 15.9 Å². The average molecular weight is 262 g/mol. The fourth-order valence-corrected chi connectivity index (χ4v) is 1.62. The fourth-order valence-electron chi connectivity index (χ4n) is 1.25. The molecule has 15 heavy (non-hydrogen) atoms. The van der Waals surface area contributed by atoms with Gasteiger partial charge in [0.25, 0.3) is 0 Å². The number of halogens is 1. The van der Waals surface area contributed by atoms with Crippen molar-refractivity contribution in [2.24, 2.45) is 0 Å². The van der Waals surface area contributed by atoms with Crippen LogP contribution in [-0.2, 0) is 0 Å². The maximum atomic E-state index is 8.95.